The summed E-state index contributed by atoms with van der Waals surface area (Å²) in [4.78, 5) is 22.0. The highest BCUT2D eigenvalue weighted by Crippen LogP contribution is 2.29. The Balaban J connectivity index is 3.11. The highest BCUT2D eigenvalue weighted by Gasteiger charge is 2.24. The molecule has 0 saturated heterocycles. The van der Waals surface area contributed by atoms with Gasteiger partial charge in [-0.15, -0.1) is 0 Å². The minimum absolute atomic E-state index is 0.180. The van der Waals surface area contributed by atoms with Gasteiger partial charge < -0.3 is 20.7 Å². The molecule has 0 bridgehead atoms. The highest BCUT2D eigenvalue weighted by molar-refractivity contribution is 5.94. The molecule has 0 saturated carbocycles. The van der Waals surface area contributed by atoms with Crippen LogP contribution in [0.1, 0.15) is 35.4 Å². The topological polar surface area (TPSA) is 110 Å². The van der Waals surface area contributed by atoms with Gasteiger partial charge in [0.2, 0.25) is 5.91 Å². The van der Waals surface area contributed by atoms with Crippen LogP contribution < -0.4 is 10.5 Å². The third-order valence-corrected chi connectivity index (χ3v) is 2.73. The van der Waals surface area contributed by atoms with E-state index in [9.17, 15) is 19.8 Å². The van der Waals surface area contributed by atoms with Gasteiger partial charge >= 0.3 is 0 Å². The van der Waals surface area contributed by atoms with Crippen molar-refractivity contribution < 1.29 is 24.5 Å². The van der Waals surface area contributed by atoms with E-state index < -0.39 is 18.1 Å². The lowest BCUT2D eigenvalue weighted by Crippen LogP contribution is -2.26. The van der Waals surface area contributed by atoms with Crippen LogP contribution >= 0.6 is 0 Å². The fraction of sp³-hybridized carbons (Fsp3) is 0.385. The summed E-state index contributed by atoms with van der Waals surface area (Å²) in [6, 6.07) is 4.50. The molecule has 1 rings (SSSR count). The van der Waals surface area contributed by atoms with E-state index in [0.29, 0.717) is 11.3 Å². The number of methoxy groups -OCH3 is 1. The fourth-order valence-electron chi connectivity index (χ4n) is 1.71. The number of ether oxygens (including phenoxy) is 1. The summed E-state index contributed by atoms with van der Waals surface area (Å²) < 4.78 is 5.06. The van der Waals surface area contributed by atoms with Crippen LogP contribution in [0.5, 0.6) is 5.75 Å². The van der Waals surface area contributed by atoms with Gasteiger partial charge in [0.1, 0.15) is 11.9 Å². The normalized spacial score (nSPS) is 13.7. The van der Waals surface area contributed by atoms with E-state index >= 15 is 0 Å². The lowest BCUT2D eigenvalue weighted by molar-refractivity contribution is -0.121. The van der Waals surface area contributed by atoms with Gasteiger partial charge in [-0.05, 0) is 25.1 Å². The van der Waals surface area contributed by atoms with E-state index in [4.69, 9.17) is 10.5 Å². The second kappa shape index (κ2) is 6.31. The lowest BCUT2D eigenvalue weighted by atomic mass is 9.98. The van der Waals surface area contributed by atoms with Gasteiger partial charge in [-0.2, -0.15) is 0 Å². The SMILES string of the molecule is COc1ccc(C(C)=O)cc1C(O)C(O)CC(N)=O. The molecule has 2 unspecified atom stereocenters. The van der Waals surface area contributed by atoms with Crippen molar-refractivity contribution >= 4 is 11.7 Å². The maximum Gasteiger partial charge on any atom is 0.220 e. The number of rotatable bonds is 6. The zero-order chi connectivity index (χ0) is 14.6. The number of hydrogen-bond donors (Lipinski definition) is 3. The second-order valence-corrected chi connectivity index (χ2v) is 4.20. The number of hydrogen-bond acceptors (Lipinski definition) is 5. The van der Waals surface area contributed by atoms with E-state index in [1.807, 2.05) is 0 Å². The summed E-state index contributed by atoms with van der Waals surface area (Å²) in [7, 11) is 1.40. The number of carbonyl (C=O) groups is 2. The van der Waals surface area contributed by atoms with Crippen molar-refractivity contribution in [2.75, 3.05) is 7.11 Å². The monoisotopic (exact) mass is 267 g/mol. The molecule has 19 heavy (non-hydrogen) atoms. The molecule has 1 amide bonds. The molecule has 2 atom stereocenters. The summed E-state index contributed by atoms with van der Waals surface area (Å²) in [5.41, 5.74) is 5.58. The molecule has 0 aliphatic heterocycles. The lowest BCUT2D eigenvalue weighted by Gasteiger charge is -2.19. The first-order valence-electron chi connectivity index (χ1n) is 5.70. The summed E-state index contributed by atoms with van der Waals surface area (Å²) in [6.07, 6.45) is -3.09. The van der Waals surface area contributed by atoms with Gasteiger partial charge in [-0.25, -0.2) is 0 Å². The molecule has 1 aromatic rings. The van der Waals surface area contributed by atoms with E-state index in [0.717, 1.165) is 0 Å². The summed E-state index contributed by atoms with van der Waals surface area (Å²) in [5.74, 6) is -0.588. The van der Waals surface area contributed by atoms with Crippen LogP contribution in [0.2, 0.25) is 0 Å². The first kappa shape index (κ1) is 15.1. The molecule has 6 nitrogen and oxygen atoms in total. The van der Waals surface area contributed by atoms with Crippen molar-refractivity contribution in [3.8, 4) is 5.75 Å². The molecule has 6 heteroatoms. The number of carbonyl (C=O) groups excluding carboxylic acids is 2. The Morgan fingerprint density at radius 1 is 1.37 bits per heavy atom. The van der Waals surface area contributed by atoms with Crippen LogP contribution in [-0.4, -0.2) is 35.1 Å². The molecule has 4 N–H and O–H groups in total. The summed E-state index contributed by atoms with van der Waals surface area (Å²) >= 11 is 0. The fourth-order valence-corrected chi connectivity index (χ4v) is 1.71. The van der Waals surface area contributed by atoms with Gasteiger partial charge in [-0.3, -0.25) is 9.59 Å². The average molecular weight is 267 g/mol. The molecule has 104 valence electrons. The van der Waals surface area contributed by atoms with Crippen molar-refractivity contribution in [3.05, 3.63) is 29.3 Å². The van der Waals surface area contributed by atoms with E-state index in [-0.39, 0.29) is 17.8 Å². The van der Waals surface area contributed by atoms with Gasteiger partial charge in [0, 0.05) is 11.1 Å². The van der Waals surface area contributed by atoms with Crippen molar-refractivity contribution in [2.45, 2.75) is 25.6 Å². The minimum atomic E-state index is -1.36. The maximum absolute atomic E-state index is 11.3. The van der Waals surface area contributed by atoms with Crippen LogP contribution in [0, 0.1) is 0 Å². The zero-order valence-corrected chi connectivity index (χ0v) is 10.8. The molecule has 0 fully saturated rings. The second-order valence-electron chi connectivity index (χ2n) is 4.20. The molecule has 0 aromatic heterocycles. The Labute approximate surface area is 110 Å². The number of nitrogens with two attached hydrogens (primary N) is 1. The number of aliphatic hydroxyl groups excluding tert-OH is 2. The number of ketones is 1. The molecule has 0 spiro atoms. The molecule has 0 aliphatic rings. The Bertz CT molecular complexity index is 486. The Kier molecular flexibility index (Phi) is 5.02. The minimum Gasteiger partial charge on any atom is -0.496 e. The van der Waals surface area contributed by atoms with Crippen LogP contribution in [-0.2, 0) is 4.79 Å². The van der Waals surface area contributed by atoms with Crippen LogP contribution in [0.15, 0.2) is 18.2 Å². The molecular weight excluding hydrogens is 250 g/mol. The zero-order valence-electron chi connectivity index (χ0n) is 10.8. The molecule has 0 radical (unpaired) electrons. The number of Topliss-reactive ketones (excluding diaryl/α,β-unsaturated/α-hetero) is 1. The highest BCUT2D eigenvalue weighted by atomic mass is 16.5. The first-order chi connectivity index (χ1) is 8.86. The van der Waals surface area contributed by atoms with Crippen molar-refractivity contribution in [1.29, 1.82) is 0 Å². The average Bonchev–Trinajstić information content (AvgIpc) is 2.36. The largest absolute Gasteiger partial charge is 0.496 e. The first-order valence-corrected chi connectivity index (χ1v) is 5.70. The Morgan fingerprint density at radius 2 is 2.00 bits per heavy atom. The van der Waals surface area contributed by atoms with E-state index in [2.05, 4.69) is 0 Å². The van der Waals surface area contributed by atoms with Crippen molar-refractivity contribution in [1.82, 2.24) is 0 Å². The van der Waals surface area contributed by atoms with Gasteiger partial charge in [0.25, 0.3) is 0 Å². The van der Waals surface area contributed by atoms with Gasteiger partial charge in [0.05, 0.1) is 19.6 Å². The maximum atomic E-state index is 11.3. The molecule has 0 heterocycles. The number of aliphatic hydroxyl groups is 2. The number of benzene rings is 1. The summed E-state index contributed by atoms with van der Waals surface area (Å²) in [5, 5.41) is 19.7. The summed E-state index contributed by atoms with van der Waals surface area (Å²) in [6.45, 7) is 1.39. The third kappa shape index (κ3) is 3.77. The van der Waals surface area contributed by atoms with Crippen molar-refractivity contribution in [2.24, 2.45) is 5.73 Å². The van der Waals surface area contributed by atoms with E-state index in [1.54, 1.807) is 6.07 Å². The van der Waals surface area contributed by atoms with Crippen LogP contribution in [0.3, 0.4) is 0 Å². The Morgan fingerprint density at radius 3 is 2.47 bits per heavy atom. The predicted octanol–water partition coefficient (Wildman–Crippen LogP) is 0.167. The quantitative estimate of drug-likeness (QED) is 0.636. The van der Waals surface area contributed by atoms with E-state index in [1.165, 1.54) is 26.2 Å². The van der Waals surface area contributed by atoms with Crippen molar-refractivity contribution in [3.63, 3.8) is 0 Å². The third-order valence-electron chi connectivity index (χ3n) is 2.73. The molecule has 0 aliphatic carbocycles. The number of primary amides is 1. The van der Waals surface area contributed by atoms with Gasteiger partial charge in [0.15, 0.2) is 5.78 Å². The smallest absolute Gasteiger partial charge is 0.220 e. The predicted molar refractivity (Wildman–Crippen MR) is 67.8 cm³/mol. The van der Waals surface area contributed by atoms with Crippen LogP contribution in [0.4, 0.5) is 0 Å². The Hall–Kier alpha value is -1.92. The standard InChI is InChI=1S/C13H17NO5/c1-7(15)8-3-4-11(19-2)9(5-8)13(18)10(16)6-12(14)17/h3-5,10,13,16,18H,6H2,1-2H3,(H2,14,17). The van der Waals surface area contributed by atoms with Crippen LogP contribution in [0.25, 0.3) is 0 Å². The number of amides is 1. The molecule has 1 aromatic carbocycles. The molecular formula is C13H17NO5. The van der Waals surface area contributed by atoms with Gasteiger partial charge in [-0.1, -0.05) is 0 Å².